The molecule has 0 bridgehead atoms. The average molecular weight is 193 g/mol. The van der Waals surface area contributed by atoms with E-state index in [2.05, 4.69) is 0 Å². The van der Waals surface area contributed by atoms with E-state index in [1.807, 2.05) is 24.3 Å². The lowest BCUT2D eigenvalue weighted by atomic mass is 9.95. The molecule has 0 heterocycles. The van der Waals surface area contributed by atoms with Crippen molar-refractivity contribution in [3.8, 4) is 0 Å². The summed E-state index contributed by atoms with van der Waals surface area (Å²) in [7, 11) is 0. The molecule has 76 valence electrons. The van der Waals surface area contributed by atoms with Crippen molar-refractivity contribution in [3.63, 3.8) is 0 Å². The maximum absolute atomic E-state index is 14.1. The van der Waals surface area contributed by atoms with Crippen LogP contribution in [-0.2, 0) is 6.42 Å². The largest absolute Gasteiger partial charge is 0.399 e. The van der Waals surface area contributed by atoms with Crippen LogP contribution in [0.4, 0.5) is 10.1 Å². The molecule has 0 aromatic heterocycles. The Labute approximate surface area is 84.1 Å². The van der Waals surface area contributed by atoms with Gasteiger partial charge in [-0.25, -0.2) is 4.39 Å². The Morgan fingerprint density at radius 2 is 1.71 bits per heavy atom. The van der Waals surface area contributed by atoms with Gasteiger partial charge >= 0.3 is 0 Å². The molecule has 0 unspecified atom stereocenters. The zero-order valence-electron chi connectivity index (χ0n) is 8.30. The van der Waals surface area contributed by atoms with Crippen LogP contribution in [0.1, 0.15) is 31.2 Å². The summed E-state index contributed by atoms with van der Waals surface area (Å²) in [5.41, 5.74) is 6.43. The molecule has 2 rings (SSSR count). The Hall–Kier alpha value is -1.05. The number of hydrogen-bond acceptors (Lipinski definition) is 1. The molecule has 2 N–H and O–H groups in total. The summed E-state index contributed by atoms with van der Waals surface area (Å²) in [6.45, 7) is 0. The number of nitrogens with two attached hydrogens (primary N) is 1. The summed E-state index contributed by atoms with van der Waals surface area (Å²) < 4.78 is 14.1. The van der Waals surface area contributed by atoms with Crippen molar-refractivity contribution in [2.75, 3.05) is 5.73 Å². The Kier molecular flexibility index (Phi) is 2.44. The smallest absolute Gasteiger partial charge is 0.115 e. The van der Waals surface area contributed by atoms with E-state index in [1.165, 1.54) is 0 Å². The molecule has 1 nitrogen and oxygen atoms in total. The third-order valence-corrected chi connectivity index (χ3v) is 3.00. The number of hydrogen-bond donors (Lipinski definition) is 1. The molecule has 0 spiro atoms. The Bertz CT molecular complexity index is 299. The number of halogens is 1. The second-order valence-electron chi connectivity index (χ2n) is 4.28. The lowest BCUT2D eigenvalue weighted by Gasteiger charge is -2.18. The second kappa shape index (κ2) is 3.60. The second-order valence-corrected chi connectivity index (χ2v) is 4.28. The van der Waals surface area contributed by atoms with Crippen molar-refractivity contribution in [1.29, 1.82) is 0 Å². The van der Waals surface area contributed by atoms with E-state index >= 15 is 0 Å². The highest BCUT2D eigenvalue weighted by molar-refractivity contribution is 5.39. The van der Waals surface area contributed by atoms with Gasteiger partial charge in [-0.3, -0.25) is 0 Å². The summed E-state index contributed by atoms with van der Waals surface area (Å²) in [6, 6.07) is 7.53. The maximum Gasteiger partial charge on any atom is 0.115 e. The SMILES string of the molecule is Nc1ccc(CC2(F)CCCC2)cc1. The molecule has 1 aromatic rings. The summed E-state index contributed by atoms with van der Waals surface area (Å²) in [4.78, 5) is 0. The van der Waals surface area contributed by atoms with Gasteiger partial charge in [-0.2, -0.15) is 0 Å². The molecule has 0 saturated heterocycles. The molecule has 1 aromatic carbocycles. The van der Waals surface area contributed by atoms with Crippen LogP contribution in [0.25, 0.3) is 0 Å². The highest BCUT2D eigenvalue weighted by Gasteiger charge is 2.33. The van der Waals surface area contributed by atoms with Crippen molar-refractivity contribution in [1.82, 2.24) is 0 Å². The van der Waals surface area contributed by atoms with Crippen LogP contribution in [0.2, 0.25) is 0 Å². The van der Waals surface area contributed by atoms with Gasteiger partial charge in [-0.15, -0.1) is 0 Å². The predicted molar refractivity (Wildman–Crippen MR) is 56.9 cm³/mol. The number of benzene rings is 1. The van der Waals surface area contributed by atoms with Crippen LogP contribution in [0, 0.1) is 0 Å². The molecule has 0 amide bonds. The third-order valence-electron chi connectivity index (χ3n) is 3.00. The predicted octanol–water partition coefficient (Wildman–Crippen LogP) is 3.09. The van der Waals surface area contributed by atoms with Gasteiger partial charge in [0, 0.05) is 12.1 Å². The van der Waals surface area contributed by atoms with E-state index in [0.29, 0.717) is 6.42 Å². The van der Waals surface area contributed by atoms with Gasteiger partial charge in [0.05, 0.1) is 0 Å². The van der Waals surface area contributed by atoms with Crippen molar-refractivity contribution in [2.45, 2.75) is 37.8 Å². The fraction of sp³-hybridized carbons (Fsp3) is 0.500. The van der Waals surface area contributed by atoms with Crippen molar-refractivity contribution in [2.24, 2.45) is 0 Å². The van der Waals surface area contributed by atoms with Gasteiger partial charge in [-0.05, 0) is 30.5 Å². The monoisotopic (exact) mass is 193 g/mol. The van der Waals surface area contributed by atoms with Gasteiger partial charge in [0.15, 0.2) is 0 Å². The Morgan fingerprint density at radius 1 is 1.14 bits per heavy atom. The molecule has 1 aliphatic rings. The fourth-order valence-electron chi connectivity index (χ4n) is 2.19. The van der Waals surface area contributed by atoms with Crippen LogP contribution in [0.15, 0.2) is 24.3 Å². The first kappa shape index (κ1) is 9.50. The van der Waals surface area contributed by atoms with Crippen LogP contribution in [0.3, 0.4) is 0 Å². The molecular weight excluding hydrogens is 177 g/mol. The molecule has 2 heteroatoms. The van der Waals surface area contributed by atoms with E-state index in [9.17, 15) is 4.39 Å². The topological polar surface area (TPSA) is 26.0 Å². The quantitative estimate of drug-likeness (QED) is 0.717. The molecular formula is C12H16FN. The summed E-state index contributed by atoms with van der Waals surface area (Å²) in [6.07, 6.45) is 4.05. The normalized spacial score (nSPS) is 19.8. The first-order valence-corrected chi connectivity index (χ1v) is 5.21. The first-order valence-electron chi connectivity index (χ1n) is 5.21. The van der Waals surface area contributed by atoms with E-state index in [1.54, 1.807) is 0 Å². The van der Waals surface area contributed by atoms with Crippen LogP contribution in [0.5, 0.6) is 0 Å². The molecule has 0 radical (unpaired) electrons. The van der Waals surface area contributed by atoms with Crippen LogP contribution < -0.4 is 5.73 Å². The van der Waals surface area contributed by atoms with Gasteiger partial charge in [0.2, 0.25) is 0 Å². The zero-order chi connectivity index (χ0) is 10.0. The van der Waals surface area contributed by atoms with Crippen molar-refractivity contribution in [3.05, 3.63) is 29.8 Å². The minimum absolute atomic E-state index is 0.549. The maximum atomic E-state index is 14.1. The van der Waals surface area contributed by atoms with E-state index < -0.39 is 5.67 Å². The summed E-state index contributed by atoms with van der Waals surface area (Å²) in [5, 5.41) is 0. The highest BCUT2D eigenvalue weighted by atomic mass is 19.1. The average Bonchev–Trinajstić information content (AvgIpc) is 2.57. The standard InChI is InChI=1S/C12H16FN/c13-12(7-1-2-8-12)9-10-3-5-11(14)6-4-10/h3-6H,1-2,7-9,14H2. The Balaban J connectivity index is 2.06. The summed E-state index contributed by atoms with van der Waals surface area (Å²) in [5.74, 6) is 0. The number of rotatable bonds is 2. The lowest BCUT2D eigenvalue weighted by molar-refractivity contribution is 0.173. The van der Waals surface area contributed by atoms with Gasteiger partial charge in [0.1, 0.15) is 5.67 Å². The molecule has 14 heavy (non-hydrogen) atoms. The number of alkyl halides is 1. The Morgan fingerprint density at radius 3 is 2.29 bits per heavy atom. The van der Waals surface area contributed by atoms with Crippen molar-refractivity contribution >= 4 is 5.69 Å². The number of nitrogen functional groups attached to an aromatic ring is 1. The van der Waals surface area contributed by atoms with Crippen LogP contribution in [-0.4, -0.2) is 5.67 Å². The molecule has 1 saturated carbocycles. The van der Waals surface area contributed by atoms with Crippen molar-refractivity contribution < 1.29 is 4.39 Å². The molecule has 0 aliphatic heterocycles. The number of anilines is 1. The first-order chi connectivity index (χ1) is 6.68. The fourth-order valence-corrected chi connectivity index (χ4v) is 2.19. The molecule has 1 fully saturated rings. The van der Waals surface area contributed by atoms with E-state index in [4.69, 9.17) is 5.73 Å². The lowest BCUT2D eigenvalue weighted by Crippen LogP contribution is -2.20. The molecule has 1 aliphatic carbocycles. The third kappa shape index (κ3) is 2.06. The van der Waals surface area contributed by atoms with Gasteiger partial charge in [-0.1, -0.05) is 25.0 Å². The van der Waals surface area contributed by atoms with Crippen LogP contribution >= 0.6 is 0 Å². The molecule has 0 atom stereocenters. The van der Waals surface area contributed by atoms with Gasteiger partial charge in [0.25, 0.3) is 0 Å². The highest BCUT2D eigenvalue weighted by Crippen LogP contribution is 2.36. The minimum atomic E-state index is -0.948. The van der Waals surface area contributed by atoms with E-state index in [0.717, 1.165) is 36.9 Å². The minimum Gasteiger partial charge on any atom is -0.399 e. The summed E-state index contributed by atoms with van der Waals surface area (Å²) >= 11 is 0. The zero-order valence-corrected chi connectivity index (χ0v) is 8.30. The van der Waals surface area contributed by atoms with Gasteiger partial charge < -0.3 is 5.73 Å². The van der Waals surface area contributed by atoms with E-state index in [-0.39, 0.29) is 0 Å².